The van der Waals surface area contributed by atoms with Gasteiger partial charge in [0.25, 0.3) is 11.8 Å². The number of primary amides is 1. The quantitative estimate of drug-likeness (QED) is 0.361. The van der Waals surface area contributed by atoms with E-state index in [0.29, 0.717) is 5.56 Å². The number of methoxy groups -OCH3 is 1. The molecular formula is C25H29N5O5S. The minimum absolute atomic E-state index is 0.0148. The smallest absolute Gasteiger partial charge is 0.270 e. The molecule has 0 bridgehead atoms. The van der Waals surface area contributed by atoms with Gasteiger partial charge in [-0.05, 0) is 55.6 Å². The van der Waals surface area contributed by atoms with Crippen LogP contribution >= 0.6 is 11.5 Å². The van der Waals surface area contributed by atoms with Gasteiger partial charge in [-0.15, -0.1) is 0 Å². The third-order valence-corrected chi connectivity index (χ3v) is 6.04. The molecule has 0 aliphatic rings. The van der Waals surface area contributed by atoms with Crippen molar-refractivity contribution >= 4 is 34.9 Å². The Morgan fingerprint density at radius 1 is 1.17 bits per heavy atom. The van der Waals surface area contributed by atoms with Gasteiger partial charge in [-0.2, -0.15) is 4.37 Å². The van der Waals surface area contributed by atoms with E-state index < -0.39 is 29.3 Å². The molecule has 0 radical (unpaired) electrons. The number of anilines is 1. The molecule has 3 amide bonds. The number of benzene rings is 2. The number of aromatic hydroxyl groups is 1. The number of nitrogens with one attached hydrogen (secondary N) is 1. The van der Waals surface area contributed by atoms with Crippen LogP contribution in [0.5, 0.6) is 11.5 Å². The second-order valence-electron chi connectivity index (χ2n) is 9.13. The molecule has 1 unspecified atom stereocenters. The molecular weight excluding hydrogens is 482 g/mol. The standard InChI is InChI=1S/C25H29N5O5S/c1-25(2,3)28-23(33)20(15-10-11-16(31)17(12-15)35-4)30(13-14-8-6-5-7-9-14)24(34)21-18(26)19(22(27)32)29-36-21/h5-12,20,31H,13,26H2,1-4H3,(H2,27,32)(H,28,33). The number of carbonyl (C=O) groups is 3. The normalized spacial score (nSPS) is 12.0. The van der Waals surface area contributed by atoms with Crippen molar-refractivity contribution in [2.24, 2.45) is 5.73 Å². The number of nitrogens with zero attached hydrogens (tertiary/aromatic N) is 2. The summed E-state index contributed by atoms with van der Waals surface area (Å²) in [5.74, 6) is -1.90. The fourth-order valence-corrected chi connectivity index (χ4v) is 4.36. The summed E-state index contributed by atoms with van der Waals surface area (Å²) in [6, 6.07) is 12.4. The number of phenolic OH excluding ortho intramolecular Hbond substituents is 1. The number of rotatable bonds is 8. The predicted octanol–water partition coefficient (Wildman–Crippen LogP) is 2.84. The summed E-state index contributed by atoms with van der Waals surface area (Å²) in [5, 5.41) is 13.0. The van der Waals surface area contributed by atoms with E-state index in [-0.39, 0.29) is 34.3 Å². The molecule has 0 saturated carbocycles. The van der Waals surface area contributed by atoms with Crippen molar-refractivity contribution in [3.05, 3.63) is 70.2 Å². The fourth-order valence-electron chi connectivity index (χ4n) is 3.60. The third kappa shape index (κ3) is 5.92. The van der Waals surface area contributed by atoms with Gasteiger partial charge in [0.1, 0.15) is 10.9 Å². The van der Waals surface area contributed by atoms with Crippen LogP contribution < -0.4 is 21.5 Å². The summed E-state index contributed by atoms with van der Waals surface area (Å²) >= 11 is 0.736. The summed E-state index contributed by atoms with van der Waals surface area (Å²) in [5.41, 5.74) is 11.6. The van der Waals surface area contributed by atoms with Gasteiger partial charge in [-0.25, -0.2) is 0 Å². The zero-order chi connectivity index (χ0) is 26.6. The van der Waals surface area contributed by atoms with Crippen LogP contribution in [0.15, 0.2) is 48.5 Å². The second-order valence-corrected chi connectivity index (χ2v) is 9.90. The third-order valence-electron chi connectivity index (χ3n) is 5.19. The van der Waals surface area contributed by atoms with Gasteiger partial charge in [-0.1, -0.05) is 36.4 Å². The Labute approximate surface area is 213 Å². The molecule has 0 fully saturated rings. The van der Waals surface area contributed by atoms with E-state index in [0.717, 1.165) is 17.1 Å². The topological polar surface area (TPSA) is 161 Å². The summed E-state index contributed by atoms with van der Waals surface area (Å²) in [6.45, 7) is 5.50. The number of nitrogen functional groups attached to an aromatic ring is 1. The molecule has 2 aromatic carbocycles. The molecule has 190 valence electrons. The summed E-state index contributed by atoms with van der Waals surface area (Å²) < 4.78 is 9.19. The first kappa shape index (κ1) is 26.5. The average Bonchev–Trinajstić information content (AvgIpc) is 3.20. The molecule has 0 aliphatic carbocycles. The van der Waals surface area contributed by atoms with Gasteiger partial charge in [0.05, 0.1) is 12.8 Å². The highest BCUT2D eigenvalue weighted by molar-refractivity contribution is 7.09. The molecule has 1 atom stereocenters. The summed E-state index contributed by atoms with van der Waals surface area (Å²) in [4.78, 5) is 40.6. The van der Waals surface area contributed by atoms with E-state index in [9.17, 15) is 19.5 Å². The Bertz CT molecular complexity index is 1270. The monoisotopic (exact) mass is 511 g/mol. The van der Waals surface area contributed by atoms with Crippen LogP contribution in [0.25, 0.3) is 0 Å². The molecule has 1 aromatic heterocycles. The summed E-state index contributed by atoms with van der Waals surface area (Å²) in [6.07, 6.45) is 0. The number of phenols is 1. The maximum absolute atomic E-state index is 13.9. The van der Waals surface area contributed by atoms with Crippen molar-refractivity contribution in [2.45, 2.75) is 38.9 Å². The van der Waals surface area contributed by atoms with Crippen molar-refractivity contribution in [3.8, 4) is 11.5 Å². The second kappa shape index (κ2) is 10.6. The predicted molar refractivity (Wildman–Crippen MR) is 137 cm³/mol. The molecule has 0 aliphatic heterocycles. The van der Waals surface area contributed by atoms with Crippen LogP contribution in [-0.4, -0.2) is 44.8 Å². The molecule has 11 heteroatoms. The van der Waals surface area contributed by atoms with E-state index in [1.165, 1.54) is 24.1 Å². The molecule has 6 N–H and O–H groups in total. The van der Waals surface area contributed by atoms with E-state index in [1.54, 1.807) is 6.07 Å². The number of hydrogen-bond acceptors (Lipinski definition) is 8. The lowest BCUT2D eigenvalue weighted by Gasteiger charge is -2.34. The number of amides is 3. The molecule has 1 heterocycles. The first-order chi connectivity index (χ1) is 16.9. The van der Waals surface area contributed by atoms with E-state index in [2.05, 4.69) is 9.69 Å². The number of aromatic nitrogens is 1. The highest BCUT2D eigenvalue weighted by atomic mass is 32.1. The van der Waals surface area contributed by atoms with Crippen molar-refractivity contribution < 1.29 is 24.2 Å². The molecule has 3 aromatic rings. The number of nitrogens with two attached hydrogens (primary N) is 2. The fraction of sp³-hybridized carbons (Fsp3) is 0.280. The highest BCUT2D eigenvalue weighted by Crippen LogP contribution is 2.34. The van der Waals surface area contributed by atoms with Gasteiger partial charge in [0.2, 0.25) is 5.91 Å². The Hall–Kier alpha value is -4.12. The zero-order valence-electron chi connectivity index (χ0n) is 20.4. The van der Waals surface area contributed by atoms with Crippen molar-refractivity contribution in [2.75, 3.05) is 12.8 Å². The first-order valence-electron chi connectivity index (χ1n) is 11.0. The maximum Gasteiger partial charge on any atom is 0.270 e. The van der Waals surface area contributed by atoms with Gasteiger partial charge < -0.3 is 31.5 Å². The lowest BCUT2D eigenvalue weighted by Crippen LogP contribution is -2.49. The molecule has 0 saturated heterocycles. The van der Waals surface area contributed by atoms with Crippen molar-refractivity contribution in [3.63, 3.8) is 0 Å². The number of ether oxygens (including phenoxy) is 1. The van der Waals surface area contributed by atoms with E-state index in [1.807, 2.05) is 51.1 Å². The average molecular weight is 512 g/mol. The minimum atomic E-state index is -1.15. The Balaban J connectivity index is 2.20. The number of carbonyl (C=O) groups excluding carboxylic acids is 3. The lowest BCUT2D eigenvalue weighted by atomic mass is 10.00. The summed E-state index contributed by atoms with van der Waals surface area (Å²) in [7, 11) is 1.39. The highest BCUT2D eigenvalue weighted by Gasteiger charge is 2.36. The first-order valence-corrected chi connectivity index (χ1v) is 11.8. The largest absolute Gasteiger partial charge is 0.504 e. The molecule has 10 nitrogen and oxygen atoms in total. The Kier molecular flexibility index (Phi) is 7.83. The Morgan fingerprint density at radius 2 is 1.83 bits per heavy atom. The van der Waals surface area contributed by atoms with Crippen molar-refractivity contribution in [1.82, 2.24) is 14.6 Å². The molecule has 3 rings (SSSR count). The van der Waals surface area contributed by atoms with Gasteiger partial charge >= 0.3 is 0 Å². The SMILES string of the molecule is COc1cc(C(C(=O)NC(C)(C)C)N(Cc2ccccc2)C(=O)c2snc(C(N)=O)c2N)ccc1O. The van der Waals surface area contributed by atoms with Crippen LogP contribution in [0.2, 0.25) is 0 Å². The molecule has 36 heavy (non-hydrogen) atoms. The number of hydrogen-bond donors (Lipinski definition) is 4. The Morgan fingerprint density at radius 3 is 2.39 bits per heavy atom. The van der Waals surface area contributed by atoms with Crippen LogP contribution in [0.1, 0.15) is 58.1 Å². The molecule has 0 spiro atoms. The van der Waals surface area contributed by atoms with Gasteiger partial charge in [-0.3, -0.25) is 14.4 Å². The maximum atomic E-state index is 13.9. The van der Waals surface area contributed by atoms with Crippen LogP contribution in [0.4, 0.5) is 5.69 Å². The van der Waals surface area contributed by atoms with Crippen molar-refractivity contribution in [1.29, 1.82) is 0 Å². The van der Waals surface area contributed by atoms with Gasteiger partial charge in [0, 0.05) is 12.1 Å². The van der Waals surface area contributed by atoms with Crippen LogP contribution in [0, 0.1) is 0 Å². The minimum Gasteiger partial charge on any atom is -0.504 e. The van der Waals surface area contributed by atoms with Crippen LogP contribution in [0.3, 0.4) is 0 Å². The zero-order valence-corrected chi connectivity index (χ0v) is 21.3. The van der Waals surface area contributed by atoms with Gasteiger partial charge in [0.15, 0.2) is 17.2 Å². The van der Waals surface area contributed by atoms with E-state index in [4.69, 9.17) is 16.2 Å². The van der Waals surface area contributed by atoms with Crippen LogP contribution in [-0.2, 0) is 11.3 Å². The van der Waals surface area contributed by atoms with E-state index >= 15 is 0 Å². The lowest BCUT2D eigenvalue weighted by molar-refractivity contribution is -0.127.